The SMILES string of the molecule is CCC1CCCCC1N(CCN)CCOC. The van der Waals surface area contributed by atoms with Gasteiger partial charge in [-0.2, -0.15) is 0 Å². The van der Waals surface area contributed by atoms with Gasteiger partial charge in [0.05, 0.1) is 6.61 Å². The molecule has 1 saturated carbocycles. The van der Waals surface area contributed by atoms with E-state index in [1.807, 2.05) is 0 Å². The fraction of sp³-hybridized carbons (Fsp3) is 1.00. The van der Waals surface area contributed by atoms with Gasteiger partial charge in [0.15, 0.2) is 0 Å². The first-order chi connectivity index (χ1) is 7.83. The fourth-order valence-corrected chi connectivity index (χ4v) is 2.96. The van der Waals surface area contributed by atoms with Crippen molar-refractivity contribution in [3.63, 3.8) is 0 Å². The Hall–Kier alpha value is -0.120. The van der Waals surface area contributed by atoms with Gasteiger partial charge in [-0.3, -0.25) is 4.90 Å². The standard InChI is InChI=1S/C13H28N2O/c1-3-12-6-4-5-7-13(12)15(9-8-14)10-11-16-2/h12-13H,3-11,14H2,1-2H3. The first-order valence-electron chi connectivity index (χ1n) is 6.76. The van der Waals surface area contributed by atoms with Crippen LogP contribution in [0.1, 0.15) is 39.0 Å². The molecule has 0 heterocycles. The van der Waals surface area contributed by atoms with Crippen molar-refractivity contribution in [3.05, 3.63) is 0 Å². The Balaban J connectivity index is 2.51. The van der Waals surface area contributed by atoms with Crippen LogP contribution in [0.3, 0.4) is 0 Å². The number of methoxy groups -OCH3 is 1. The molecule has 0 radical (unpaired) electrons. The van der Waals surface area contributed by atoms with Gasteiger partial charge in [0.25, 0.3) is 0 Å². The smallest absolute Gasteiger partial charge is 0.0589 e. The molecular weight excluding hydrogens is 200 g/mol. The topological polar surface area (TPSA) is 38.5 Å². The minimum atomic E-state index is 0.748. The molecule has 0 spiro atoms. The van der Waals surface area contributed by atoms with E-state index in [4.69, 9.17) is 10.5 Å². The molecule has 0 aliphatic heterocycles. The van der Waals surface area contributed by atoms with Crippen molar-refractivity contribution >= 4 is 0 Å². The van der Waals surface area contributed by atoms with Crippen LogP contribution >= 0.6 is 0 Å². The maximum atomic E-state index is 5.71. The molecule has 1 aliphatic rings. The van der Waals surface area contributed by atoms with Gasteiger partial charge in [-0.05, 0) is 18.8 Å². The van der Waals surface area contributed by atoms with E-state index in [2.05, 4.69) is 11.8 Å². The molecule has 0 aromatic heterocycles. The Bertz CT molecular complexity index is 175. The zero-order valence-corrected chi connectivity index (χ0v) is 11.0. The summed E-state index contributed by atoms with van der Waals surface area (Å²) >= 11 is 0. The Kier molecular flexibility index (Phi) is 7.01. The predicted octanol–water partition coefficient (Wildman–Crippen LogP) is 1.86. The zero-order valence-electron chi connectivity index (χ0n) is 11.0. The second kappa shape index (κ2) is 8.04. The van der Waals surface area contributed by atoms with Crippen LogP contribution in [0, 0.1) is 5.92 Å². The lowest BCUT2D eigenvalue weighted by Gasteiger charge is -2.39. The molecule has 3 heteroatoms. The van der Waals surface area contributed by atoms with E-state index < -0.39 is 0 Å². The van der Waals surface area contributed by atoms with Crippen molar-refractivity contribution < 1.29 is 4.74 Å². The van der Waals surface area contributed by atoms with E-state index in [-0.39, 0.29) is 0 Å². The van der Waals surface area contributed by atoms with Crippen molar-refractivity contribution in [3.8, 4) is 0 Å². The Labute approximate surface area is 100 Å². The van der Waals surface area contributed by atoms with Gasteiger partial charge in [-0.15, -0.1) is 0 Å². The van der Waals surface area contributed by atoms with Crippen LogP contribution in [-0.2, 0) is 4.74 Å². The fourth-order valence-electron chi connectivity index (χ4n) is 2.96. The molecule has 2 N–H and O–H groups in total. The van der Waals surface area contributed by atoms with Crippen LogP contribution in [0.25, 0.3) is 0 Å². The molecule has 0 aromatic carbocycles. The summed E-state index contributed by atoms with van der Waals surface area (Å²) in [6.45, 7) is 5.96. The maximum absolute atomic E-state index is 5.71. The van der Waals surface area contributed by atoms with Crippen molar-refractivity contribution in [2.45, 2.75) is 45.1 Å². The molecule has 0 saturated heterocycles. The second-order valence-electron chi connectivity index (χ2n) is 4.84. The zero-order chi connectivity index (χ0) is 11.8. The Morgan fingerprint density at radius 2 is 2.00 bits per heavy atom. The molecule has 0 amide bonds. The quantitative estimate of drug-likeness (QED) is 0.723. The van der Waals surface area contributed by atoms with E-state index >= 15 is 0 Å². The summed E-state index contributed by atoms with van der Waals surface area (Å²) in [6.07, 6.45) is 6.85. The van der Waals surface area contributed by atoms with Gasteiger partial charge < -0.3 is 10.5 Å². The lowest BCUT2D eigenvalue weighted by molar-refractivity contribution is 0.0719. The minimum Gasteiger partial charge on any atom is -0.383 e. The molecule has 1 fully saturated rings. The lowest BCUT2D eigenvalue weighted by atomic mass is 9.82. The second-order valence-corrected chi connectivity index (χ2v) is 4.84. The number of nitrogens with two attached hydrogens (primary N) is 1. The van der Waals surface area contributed by atoms with Crippen molar-refractivity contribution in [2.24, 2.45) is 11.7 Å². The van der Waals surface area contributed by atoms with Crippen LogP contribution in [0.2, 0.25) is 0 Å². The molecule has 0 aromatic rings. The largest absolute Gasteiger partial charge is 0.383 e. The van der Waals surface area contributed by atoms with Gasteiger partial charge >= 0.3 is 0 Å². The third-order valence-corrected chi connectivity index (χ3v) is 3.86. The monoisotopic (exact) mass is 228 g/mol. The van der Waals surface area contributed by atoms with Gasteiger partial charge in [0.2, 0.25) is 0 Å². The summed E-state index contributed by atoms with van der Waals surface area (Å²) in [5, 5.41) is 0. The van der Waals surface area contributed by atoms with Gasteiger partial charge in [-0.1, -0.05) is 26.2 Å². The summed E-state index contributed by atoms with van der Waals surface area (Å²) in [5.74, 6) is 0.872. The number of hydrogen-bond donors (Lipinski definition) is 1. The molecule has 3 nitrogen and oxygen atoms in total. The van der Waals surface area contributed by atoms with E-state index in [0.717, 1.165) is 38.2 Å². The number of nitrogens with zero attached hydrogens (tertiary/aromatic N) is 1. The lowest BCUT2D eigenvalue weighted by Crippen LogP contribution is -2.46. The van der Waals surface area contributed by atoms with Crippen molar-refractivity contribution in [2.75, 3.05) is 33.4 Å². The van der Waals surface area contributed by atoms with E-state index in [1.165, 1.54) is 32.1 Å². The highest BCUT2D eigenvalue weighted by atomic mass is 16.5. The average Bonchev–Trinajstić information content (AvgIpc) is 2.34. The van der Waals surface area contributed by atoms with E-state index in [9.17, 15) is 0 Å². The first kappa shape index (κ1) is 13.9. The molecule has 0 bridgehead atoms. The molecule has 1 aliphatic carbocycles. The maximum Gasteiger partial charge on any atom is 0.0589 e. The van der Waals surface area contributed by atoms with Crippen LogP contribution in [0.5, 0.6) is 0 Å². The third kappa shape index (κ3) is 4.04. The van der Waals surface area contributed by atoms with Gasteiger partial charge in [-0.25, -0.2) is 0 Å². The van der Waals surface area contributed by atoms with Gasteiger partial charge in [0, 0.05) is 32.8 Å². The number of rotatable bonds is 7. The van der Waals surface area contributed by atoms with E-state index in [0.29, 0.717) is 0 Å². The van der Waals surface area contributed by atoms with E-state index in [1.54, 1.807) is 7.11 Å². The highest BCUT2D eigenvalue weighted by Gasteiger charge is 2.28. The summed E-state index contributed by atoms with van der Waals surface area (Å²) in [4.78, 5) is 2.55. The molecule has 16 heavy (non-hydrogen) atoms. The highest BCUT2D eigenvalue weighted by Crippen LogP contribution is 2.30. The van der Waals surface area contributed by atoms with Crippen LogP contribution in [0.4, 0.5) is 0 Å². The summed E-state index contributed by atoms with van der Waals surface area (Å²) < 4.78 is 5.20. The third-order valence-electron chi connectivity index (χ3n) is 3.86. The van der Waals surface area contributed by atoms with Gasteiger partial charge in [0.1, 0.15) is 0 Å². The van der Waals surface area contributed by atoms with Crippen LogP contribution in [-0.4, -0.2) is 44.3 Å². The highest BCUT2D eigenvalue weighted by molar-refractivity contribution is 4.82. The number of hydrogen-bond acceptors (Lipinski definition) is 3. The summed E-state index contributed by atoms with van der Waals surface area (Å²) in [7, 11) is 1.78. The minimum absolute atomic E-state index is 0.748. The van der Waals surface area contributed by atoms with Crippen molar-refractivity contribution in [1.29, 1.82) is 0 Å². The molecule has 2 atom stereocenters. The predicted molar refractivity (Wildman–Crippen MR) is 68.5 cm³/mol. The molecule has 2 unspecified atom stereocenters. The first-order valence-corrected chi connectivity index (χ1v) is 6.76. The molecule has 96 valence electrons. The summed E-state index contributed by atoms with van der Waals surface area (Å²) in [5.41, 5.74) is 5.71. The average molecular weight is 228 g/mol. The normalized spacial score (nSPS) is 26.2. The molecular formula is C13H28N2O. The van der Waals surface area contributed by atoms with Crippen LogP contribution < -0.4 is 5.73 Å². The van der Waals surface area contributed by atoms with Crippen LogP contribution in [0.15, 0.2) is 0 Å². The Morgan fingerprint density at radius 3 is 2.62 bits per heavy atom. The molecule has 1 rings (SSSR count). The Morgan fingerprint density at radius 1 is 1.25 bits per heavy atom. The van der Waals surface area contributed by atoms with Crippen molar-refractivity contribution in [1.82, 2.24) is 4.90 Å². The summed E-state index contributed by atoms with van der Waals surface area (Å²) in [6, 6.07) is 0.748. The number of ether oxygens (including phenoxy) is 1.